The molecular formula is C11H20N4O. The van der Waals surface area contributed by atoms with E-state index >= 15 is 0 Å². The Bertz CT molecular complexity index is 281. The lowest BCUT2D eigenvalue weighted by molar-refractivity contribution is -0.137. The number of nitrogens with two attached hydrogens (primary N) is 1. The zero-order chi connectivity index (χ0) is 12.2. The van der Waals surface area contributed by atoms with Crippen molar-refractivity contribution in [1.82, 2.24) is 9.80 Å². The van der Waals surface area contributed by atoms with Crippen LogP contribution in [0.2, 0.25) is 0 Å². The summed E-state index contributed by atoms with van der Waals surface area (Å²) in [5.74, 6) is 0.00688. The molecule has 1 saturated heterocycles. The summed E-state index contributed by atoms with van der Waals surface area (Å²) in [5, 5.41) is 8.49. The molecule has 0 bridgehead atoms. The van der Waals surface area contributed by atoms with Crippen LogP contribution in [-0.4, -0.2) is 54.0 Å². The third-order valence-electron chi connectivity index (χ3n) is 2.75. The fourth-order valence-corrected chi connectivity index (χ4v) is 1.79. The molecule has 0 spiro atoms. The van der Waals surface area contributed by atoms with Gasteiger partial charge < -0.3 is 10.6 Å². The average molecular weight is 224 g/mol. The lowest BCUT2D eigenvalue weighted by Gasteiger charge is -2.37. The van der Waals surface area contributed by atoms with Gasteiger partial charge >= 0.3 is 0 Å². The minimum Gasteiger partial charge on any atom is -0.339 e. The maximum Gasteiger partial charge on any atom is 0.242 e. The monoisotopic (exact) mass is 224 g/mol. The van der Waals surface area contributed by atoms with Crippen molar-refractivity contribution in [3.63, 3.8) is 0 Å². The molecule has 0 unspecified atom stereocenters. The normalized spacial score (nSPS) is 18.2. The Morgan fingerprint density at radius 1 is 1.38 bits per heavy atom. The van der Waals surface area contributed by atoms with Crippen molar-refractivity contribution >= 4 is 5.91 Å². The van der Waals surface area contributed by atoms with Crippen LogP contribution >= 0.6 is 0 Å². The van der Waals surface area contributed by atoms with Gasteiger partial charge in [-0.2, -0.15) is 5.26 Å². The molecule has 0 aromatic heterocycles. The summed E-state index contributed by atoms with van der Waals surface area (Å²) >= 11 is 0. The molecule has 0 atom stereocenters. The van der Waals surface area contributed by atoms with Crippen LogP contribution in [0.15, 0.2) is 0 Å². The smallest absolute Gasteiger partial charge is 0.242 e. The van der Waals surface area contributed by atoms with Gasteiger partial charge in [0.2, 0.25) is 5.91 Å². The lowest BCUT2D eigenvalue weighted by Crippen LogP contribution is -2.57. The molecule has 5 nitrogen and oxygen atoms in total. The zero-order valence-corrected chi connectivity index (χ0v) is 10.1. The Kier molecular flexibility index (Phi) is 4.27. The Morgan fingerprint density at radius 2 is 1.94 bits per heavy atom. The Morgan fingerprint density at radius 3 is 2.38 bits per heavy atom. The summed E-state index contributed by atoms with van der Waals surface area (Å²) in [6.07, 6.45) is 0.552. The zero-order valence-electron chi connectivity index (χ0n) is 10.1. The molecule has 2 N–H and O–H groups in total. The van der Waals surface area contributed by atoms with Crippen LogP contribution in [0, 0.1) is 11.3 Å². The number of piperazine rings is 1. The van der Waals surface area contributed by atoms with E-state index in [1.807, 2.05) is 4.90 Å². The molecule has 0 aromatic carbocycles. The van der Waals surface area contributed by atoms with Gasteiger partial charge in [0.15, 0.2) is 0 Å². The van der Waals surface area contributed by atoms with Gasteiger partial charge in [0.05, 0.1) is 11.6 Å². The van der Waals surface area contributed by atoms with Crippen molar-refractivity contribution in [2.45, 2.75) is 25.8 Å². The third kappa shape index (κ3) is 3.47. The van der Waals surface area contributed by atoms with Crippen LogP contribution in [0.4, 0.5) is 0 Å². The molecule has 0 radical (unpaired) electrons. The van der Waals surface area contributed by atoms with Crippen LogP contribution < -0.4 is 5.73 Å². The fraction of sp³-hybridized carbons (Fsp3) is 0.818. The highest BCUT2D eigenvalue weighted by molar-refractivity contribution is 5.85. The molecule has 1 rings (SSSR count). The van der Waals surface area contributed by atoms with E-state index in [9.17, 15) is 4.79 Å². The van der Waals surface area contributed by atoms with E-state index in [2.05, 4.69) is 11.0 Å². The fourth-order valence-electron chi connectivity index (χ4n) is 1.79. The average Bonchev–Trinajstić information content (AvgIpc) is 2.25. The second-order valence-electron chi connectivity index (χ2n) is 4.76. The Hall–Kier alpha value is -1.12. The first-order chi connectivity index (χ1) is 7.45. The molecule has 1 fully saturated rings. The molecule has 16 heavy (non-hydrogen) atoms. The quantitative estimate of drug-likeness (QED) is 0.719. The molecule has 1 aliphatic heterocycles. The lowest BCUT2D eigenvalue weighted by atomic mass is 10.0. The van der Waals surface area contributed by atoms with E-state index in [4.69, 9.17) is 11.0 Å². The number of hydrogen-bond donors (Lipinski definition) is 1. The Labute approximate surface area is 96.8 Å². The van der Waals surface area contributed by atoms with Crippen LogP contribution in [0.1, 0.15) is 20.3 Å². The van der Waals surface area contributed by atoms with Crippen LogP contribution in [0.25, 0.3) is 0 Å². The van der Waals surface area contributed by atoms with Crippen LogP contribution in [0.5, 0.6) is 0 Å². The second kappa shape index (κ2) is 5.28. The minimum absolute atomic E-state index is 0.00688. The van der Waals surface area contributed by atoms with E-state index in [-0.39, 0.29) is 5.91 Å². The highest BCUT2D eigenvalue weighted by Gasteiger charge is 2.29. The predicted molar refractivity (Wildman–Crippen MR) is 61.5 cm³/mol. The molecule has 0 aromatic rings. The van der Waals surface area contributed by atoms with Crippen LogP contribution in [-0.2, 0) is 4.79 Å². The number of nitriles is 1. The van der Waals surface area contributed by atoms with E-state index in [1.165, 1.54) is 0 Å². The molecule has 1 amide bonds. The molecule has 90 valence electrons. The molecule has 5 heteroatoms. The summed E-state index contributed by atoms with van der Waals surface area (Å²) in [5.41, 5.74) is 4.99. The summed E-state index contributed by atoms with van der Waals surface area (Å²) in [6.45, 7) is 7.36. The van der Waals surface area contributed by atoms with E-state index in [0.717, 1.165) is 19.6 Å². The van der Waals surface area contributed by atoms with Crippen molar-refractivity contribution < 1.29 is 4.79 Å². The van der Waals surface area contributed by atoms with Gasteiger partial charge in [0.25, 0.3) is 0 Å². The summed E-state index contributed by atoms with van der Waals surface area (Å²) in [7, 11) is 0. The first-order valence-electron chi connectivity index (χ1n) is 5.62. The SMILES string of the molecule is CC(C)(N)C(=O)N1CCN(CCC#N)CC1. The van der Waals surface area contributed by atoms with Crippen molar-refractivity contribution in [1.29, 1.82) is 5.26 Å². The topological polar surface area (TPSA) is 73.4 Å². The van der Waals surface area contributed by atoms with Gasteiger partial charge in [0, 0.05) is 39.1 Å². The highest BCUT2D eigenvalue weighted by Crippen LogP contribution is 2.08. The molecule has 0 saturated carbocycles. The highest BCUT2D eigenvalue weighted by atomic mass is 16.2. The van der Waals surface area contributed by atoms with Gasteiger partial charge in [-0.25, -0.2) is 0 Å². The largest absolute Gasteiger partial charge is 0.339 e. The minimum atomic E-state index is -0.783. The van der Waals surface area contributed by atoms with E-state index in [1.54, 1.807) is 13.8 Å². The number of rotatable bonds is 3. The number of carbonyl (C=O) groups excluding carboxylic acids is 1. The summed E-state index contributed by atoms with van der Waals surface area (Å²) < 4.78 is 0. The van der Waals surface area contributed by atoms with Crippen molar-refractivity contribution in [2.75, 3.05) is 32.7 Å². The first-order valence-corrected chi connectivity index (χ1v) is 5.62. The van der Waals surface area contributed by atoms with E-state index in [0.29, 0.717) is 19.5 Å². The molecule has 1 aliphatic rings. The van der Waals surface area contributed by atoms with Gasteiger partial charge in [0.1, 0.15) is 0 Å². The molecule has 1 heterocycles. The first kappa shape index (κ1) is 12.9. The van der Waals surface area contributed by atoms with Gasteiger partial charge in [-0.05, 0) is 13.8 Å². The van der Waals surface area contributed by atoms with Crippen molar-refractivity contribution in [2.24, 2.45) is 5.73 Å². The third-order valence-corrected chi connectivity index (χ3v) is 2.75. The predicted octanol–water partition coefficient (Wildman–Crippen LogP) is -0.218. The van der Waals surface area contributed by atoms with Crippen molar-refractivity contribution in [3.8, 4) is 6.07 Å². The van der Waals surface area contributed by atoms with Crippen LogP contribution in [0.3, 0.4) is 0 Å². The van der Waals surface area contributed by atoms with Gasteiger partial charge in [-0.3, -0.25) is 9.69 Å². The molecule has 0 aliphatic carbocycles. The number of amides is 1. The number of hydrogen-bond acceptors (Lipinski definition) is 4. The van der Waals surface area contributed by atoms with Gasteiger partial charge in [-0.15, -0.1) is 0 Å². The molecular weight excluding hydrogens is 204 g/mol. The van der Waals surface area contributed by atoms with Crippen molar-refractivity contribution in [3.05, 3.63) is 0 Å². The Balaban J connectivity index is 2.38. The maximum absolute atomic E-state index is 11.9. The van der Waals surface area contributed by atoms with E-state index < -0.39 is 5.54 Å². The summed E-state index contributed by atoms with van der Waals surface area (Å²) in [4.78, 5) is 15.9. The number of carbonyl (C=O) groups is 1. The maximum atomic E-state index is 11.9. The summed E-state index contributed by atoms with van der Waals surface area (Å²) in [6, 6.07) is 2.13. The van der Waals surface area contributed by atoms with Gasteiger partial charge in [-0.1, -0.05) is 0 Å². The second-order valence-corrected chi connectivity index (χ2v) is 4.76. The number of nitrogens with zero attached hydrogens (tertiary/aromatic N) is 3. The standard InChI is InChI=1S/C11H20N4O/c1-11(2,13)10(16)15-8-6-14(7-9-15)5-3-4-12/h3,5-9,13H2,1-2H3.